The lowest BCUT2D eigenvalue weighted by molar-refractivity contribution is -0.192. The first-order valence-electron chi connectivity index (χ1n) is 13.3. The molecule has 0 saturated carbocycles. The molecule has 2 heterocycles. The fraction of sp³-hybridized carbons (Fsp3) is 0.500. The molecule has 0 amide bonds. The number of carboxylic acids is 2. The minimum absolute atomic E-state index is 0.0597. The number of alkyl halides is 3. The van der Waals surface area contributed by atoms with Crippen LogP contribution in [0.3, 0.4) is 0 Å². The summed E-state index contributed by atoms with van der Waals surface area (Å²) in [6, 6.07) is 8.45. The second-order valence-electron chi connectivity index (χ2n) is 10.6. The molecule has 9 nitrogen and oxygen atoms in total. The van der Waals surface area contributed by atoms with Crippen LogP contribution in [-0.4, -0.2) is 74.4 Å². The maximum absolute atomic E-state index is 13.5. The van der Waals surface area contributed by atoms with E-state index in [9.17, 15) is 31.5 Å². The fourth-order valence-corrected chi connectivity index (χ4v) is 7.10. The smallest absolute Gasteiger partial charge is 0.478 e. The molecular weight excluding hydrogens is 563 g/mol. The number of likely N-dealkylation sites (tertiary alicyclic amines) is 1. The SMILES string of the molecule is Cc1cc(C)c(S(=O)(=O)Nc2cc(C(=O)O)ccc2N2CCCC(CN3CCCC3)C2)c(C)c1.O=C(O)C(F)(F)F. The predicted octanol–water partition coefficient (Wildman–Crippen LogP) is 5.06. The molecule has 3 N–H and O–H groups in total. The summed E-state index contributed by atoms with van der Waals surface area (Å²) < 4.78 is 61.4. The van der Waals surface area contributed by atoms with E-state index in [1.807, 2.05) is 19.1 Å². The van der Waals surface area contributed by atoms with Crippen LogP contribution in [0.25, 0.3) is 0 Å². The van der Waals surface area contributed by atoms with Crippen LogP contribution >= 0.6 is 0 Å². The lowest BCUT2D eigenvalue weighted by Gasteiger charge is -2.37. The number of aliphatic carboxylic acids is 1. The van der Waals surface area contributed by atoms with E-state index in [1.165, 1.54) is 18.9 Å². The molecule has 2 fully saturated rings. The minimum atomic E-state index is -5.08. The van der Waals surface area contributed by atoms with Crippen LogP contribution < -0.4 is 9.62 Å². The van der Waals surface area contributed by atoms with Crippen LogP contribution in [0.1, 0.15) is 52.7 Å². The van der Waals surface area contributed by atoms with E-state index < -0.39 is 28.1 Å². The van der Waals surface area contributed by atoms with Crippen LogP contribution in [-0.2, 0) is 14.8 Å². The van der Waals surface area contributed by atoms with Gasteiger partial charge in [0, 0.05) is 19.6 Å². The molecule has 2 aromatic carbocycles. The highest BCUT2D eigenvalue weighted by atomic mass is 32.2. The third-order valence-electron chi connectivity index (χ3n) is 7.18. The first-order chi connectivity index (χ1) is 19.1. The molecule has 1 unspecified atom stereocenters. The number of anilines is 2. The Morgan fingerprint density at radius 3 is 2.10 bits per heavy atom. The number of piperidine rings is 1. The van der Waals surface area contributed by atoms with Crippen LogP contribution in [0.5, 0.6) is 0 Å². The molecule has 2 aliphatic heterocycles. The molecule has 4 rings (SSSR count). The van der Waals surface area contributed by atoms with E-state index in [2.05, 4.69) is 14.5 Å². The van der Waals surface area contributed by atoms with Gasteiger partial charge in [-0.2, -0.15) is 13.2 Å². The zero-order chi connectivity index (χ0) is 30.5. The Bertz CT molecular complexity index is 1350. The highest BCUT2D eigenvalue weighted by Crippen LogP contribution is 2.34. The van der Waals surface area contributed by atoms with Gasteiger partial charge in [0.25, 0.3) is 10.0 Å². The van der Waals surface area contributed by atoms with Gasteiger partial charge in [0.15, 0.2) is 0 Å². The number of benzene rings is 2. The lowest BCUT2D eigenvalue weighted by atomic mass is 9.96. The molecule has 2 saturated heterocycles. The standard InChI is InChI=1S/C26H35N3O4S.C2HF3O2/c1-18-13-19(2)25(20(3)14-18)34(32,33)27-23-15-22(26(30)31)8-9-24(23)29-12-6-7-21(17-29)16-28-10-4-5-11-28;3-2(4,5)1(6)7/h8-9,13-15,21,27H,4-7,10-12,16-17H2,1-3H3,(H,30,31);(H,6,7). The molecule has 226 valence electrons. The molecule has 0 aliphatic carbocycles. The summed E-state index contributed by atoms with van der Waals surface area (Å²) in [5.74, 6) is -3.33. The highest BCUT2D eigenvalue weighted by Gasteiger charge is 2.38. The van der Waals surface area contributed by atoms with E-state index in [-0.39, 0.29) is 10.5 Å². The average Bonchev–Trinajstić information content (AvgIpc) is 3.36. The van der Waals surface area contributed by atoms with E-state index in [0.717, 1.165) is 56.8 Å². The van der Waals surface area contributed by atoms with Gasteiger partial charge in [0.05, 0.1) is 21.8 Å². The van der Waals surface area contributed by atoms with Crippen molar-refractivity contribution in [1.82, 2.24) is 4.90 Å². The van der Waals surface area contributed by atoms with Gasteiger partial charge < -0.3 is 20.0 Å². The molecule has 2 aliphatic rings. The summed E-state index contributed by atoms with van der Waals surface area (Å²) in [5.41, 5.74) is 3.46. The number of nitrogens with zero attached hydrogens (tertiary/aromatic N) is 2. The predicted molar refractivity (Wildman–Crippen MR) is 149 cm³/mol. The molecule has 41 heavy (non-hydrogen) atoms. The van der Waals surface area contributed by atoms with Gasteiger partial charge in [-0.3, -0.25) is 4.72 Å². The summed E-state index contributed by atoms with van der Waals surface area (Å²) in [7, 11) is -3.91. The molecular formula is C28H36F3N3O6S. The molecule has 2 aromatic rings. The van der Waals surface area contributed by atoms with Gasteiger partial charge in [0.2, 0.25) is 0 Å². The Morgan fingerprint density at radius 2 is 1.56 bits per heavy atom. The minimum Gasteiger partial charge on any atom is -0.478 e. The summed E-state index contributed by atoms with van der Waals surface area (Å²) in [4.78, 5) is 25.5. The largest absolute Gasteiger partial charge is 0.490 e. The van der Waals surface area contributed by atoms with Crippen LogP contribution in [0, 0.1) is 26.7 Å². The maximum atomic E-state index is 13.5. The van der Waals surface area contributed by atoms with Gasteiger partial charge in [-0.1, -0.05) is 17.7 Å². The zero-order valence-corrected chi connectivity index (χ0v) is 24.1. The fourth-order valence-electron chi connectivity index (χ4n) is 5.58. The number of nitrogens with one attached hydrogen (secondary N) is 1. The molecule has 0 bridgehead atoms. The van der Waals surface area contributed by atoms with Crippen molar-refractivity contribution in [1.29, 1.82) is 0 Å². The van der Waals surface area contributed by atoms with Crippen molar-refractivity contribution < 1.29 is 41.4 Å². The molecule has 13 heteroatoms. The Hall–Kier alpha value is -3.32. The van der Waals surface area contributed by atoms with Crippen molar-refractivity contribution in [3.05, 3.63) is 52.6 Å². The van der Waals surface area contributed by atoms with Crippen molar-refractivity contribution in [3.8, 4) is 0 Å². The van der Waals surface area contributed by atoms with Crippen LogP contribution in [0.4, 0.5) is 24.5 Å². The van der Waals surface area contributed by atoms with Gasteiger partial charge in [-0.25, -0.2) is 18.0 Å². The third-order valence-corrected chi connectivity index (χ3v) is 8.85. The Kier molecular flexibility index (Phi) is 10.3. The monoisotopic (exact) mass is 599 g/mol. The zero-order valence-electron chi connectivity index (χ0n) is 23.3. The van der Waals surface area contributed by atoms with Gasteiger partial charge >= 0.3 is 18.1 Å². The van der Waals surface area contributed by atoms with Gasteiger partial charge in [-0.05, 0) is 94.8 Å². The Morgan fingerprint density at radius 1 is 0.976 bits per heavy atom. The Balaban J connectivity index is 0.000000587. The molecule has 1 atom stereocenters. The number of rotatable bonds is 7. The quantitative estimate of drug-likeness (QED) is 0.403. The number of hydrogen-bond donors (Lipinski definition) is 3. The summed E-state index contributed by atoms with van der Waals surface area (Å²) in [6.45, 7) is 10.5. The summed E-state index contributed by atoms with van der Waals surface area (Å²) in [6.07, 6.45) is -0.377. The van der Waals surface area contributed by atoms with E-state index in [4.69, 9.17) is 9.90 Å². The molecule has 0 radical (unpaired) electrons. The van der Waals surface area contributed by atoms with E-state index >= 15 is 0 Å². The summed E-state index contributed by atoms with van der Waals surface area (Å²) in [5, 5.41) is 16.7. The normalized spacial score (nSPS) is 18.0. The van der Waals surface area contributed by atoms with Crippen LogP contribution in [0.2, 0.25) is 0 Å². The van der Waals surface area contributed by atoms with Crippen molar-refractivity contribution in [2.45, 2.75) is 57.5 Å². The number of hydrogen-bond acceptors (Lipinski definition) is 6. The number of halogens is 3. The van der Waals surface area contributed by atoms with E-state index in [0.29, 0.717) is 22.7 Å². The highest BCUT2D eigenvalue weighted by molar-refractivity contribution is 7.92. The third kappa shape index (κ3) is 8.59. The number of aromatic carboxylic acids is 1. The van der Waals surface area contributed by atoms with Crippen molar-refractivity contribution in [2.24, 2.45) is 5.92 Å². The van der Waals surface area contributed by atoms with Crippen LogP contribution in [0.15, 0.2) is 35.2 Å². The second kappa shape index (κ2) is 13.1. The van der Waals surface area contributed by atoms with Gasteiger partial charge in [-0.15, -0.1) is 0 Å². The number of carboxylic acid groups (broad SMARTS) is 2. The first kappa shape index (κ1) is 32.2. The average molecular weight is 600 g/mol. The van der Waals surface area contributed by atoms with Crippen molar-refractivity contribution in [2.75, 3.05) is 42.3 Å². The number of aryl methyl sites for hydroxylation is 3. The van der Waals surface area contributed by atoms with Crippen molar-refractivity contribution in [3.63, 3.8) is 0 Å². The topological polar surface area (TPSA) is 127 Å². The second-order valence-corrected chi connectivity index (χ2v) is 12.3. The van der Waals surface area contributed by atoms with E-state index in [1.54, 1.807) is 26.0 Å². The number of sulfonamides is 1. The summed E-state index contributed by atoms with van der Waals surface area (Å²) >= 11 is 0. The number of carbonyl (C=O) groups is 2. The molecule has 0 spiro atoms. The first-order valence-corrected chi connectivity index (χ1v) is 14.8. The lowest BCUT2D eigenvalue weighted by Crippen LogP contribution is -2.40. The van der Waals surface area contributed by atoms with Crippen molar-refractivity contribution >= 4 is 33.3 Å². The van der Waals surface area contributed by atoms with Gasteiger partial charge in [0.1, 0.15) is 0 Å². The maximum Gasteiger partial charge on any atom is 0.490 e. The Labute approximate surface area is 238 Å². The molecule has 0 aromatic heterocycles.